The highest BCUT2D eigenvalue weighted by atomic mass is 16.5. The molecule has 2 aromatic rings. The highest BCUT2D eigenvalue weighted by Gasteiger charge is 2.42. The molecule has 0 N–H and O–H groups in total. The fourth-order valence-corrected chi connectivity index (χ4v) is 3.60. The highest BCUT2D eigenvalue weighted by molar-refractivity contribution is 6.35. The molecule has 1 aromatic carbocycles. The Morgan fingerprint density at radius 3 is 2.41 bits per heavy atom. The molecule has 0 spiro atoms. The summed E-state index contributed by atoms with van der Waals surface area (Å²) in [5.74, 6) is 0.886. The van der Waals surface area contributed by atoms with E-state index in [0.717, 1.165) is 0 Å². The molecule has 0 saturated carbocycles. The lowest BCUT2D eigenvalue weighted by molar-refractivity contribution is -0.138. The van der Waals surface area contributed by atoms with E-state index in [0.29, 0.717) is 60.4 Å². The number of benzene rings is 1. The Labute approximate surface area is 168 Å². The predicted molar refractivity (Wildman–Crippen MR) is 103 cm³/mol. The van der Waals surface area contributed by atoms with Gasteiger partial charge in [0.1, 0.15) is 11.5 Å². The van der Waals surface area contributed by atoms with Gasteiger partial charge >= 0.3 is 0 Å². The summed E-state index contributed by atoms with van der Waals surface area (Å²) in [5.41, 5.74) is 1.34. The molecule has 152 valence electrons. The number of imide groups is 1. The fraction of sp³-hybridized carbons (Fsp3) is 0.333. The zero-order chi connectivity index (χ0) is 20.4. The Morgan fingerprint density at radius 2 is 1.76 bits per heavy atom. The summed E-state index contributed by atoms with van der Waals surface area (Å²) in [6, 6.07) is 8.68. The average Bonchev–Trinajstić information content (AvgIpc) is 3.36. The Bertz CT molecular complexity index is 944. The molecule has 29 heavy (non-hydrogen) atoms. The smallest absolute Gasteiger partial charge is 0.278 e. The zero-order valence-electron chi connectivity index (χ0n) is 16.3. The molecule has 2 aliphatic rings. The van der Waals surface area contributed by atoms with Crippen LogP contribution in [-0.4, -0.2) is 62.1 Å². The van der Waals surface area contributed by atoms with Crippen molar-refractivity contribution in [3.8, 4) is 11.5 Å². The van der Waals surface area contributed by atoms with E-state index in [4.69, 9.17) is 18.6 Å². The van der Waals surface area contributed by atoms with Gasteiger partial charge in [0.15, 0.2) is 11.5 Å². The molecular weight excluding hydrogens is 376 g/mol. The van der Waals surface area contributed by atoms with Gasteiger partial charge in [-0.2, -0.15) is 0 Å². The molecule has 8 heteroatoms. The van der Waals surface area contributed by atoms with E-state index >= 15 is 0 Å². The molecule has 4 rings (SSSR count). The number of methoxy groups -OCH3 is 2. The number of amides is 2. The summed E-state index contributed by atoms with van der Waals surface area (Å²) in [6.07, 6.45) is 1.52. The van der Waals surface area contributed by atoms with E-state index < -0.39 is 0 Å². The lowest BCUT2D eigenvalue weighted by Crippen LogP contribution is -2.40. The van der Waals surface area contributed by atoms with Gasteiger partial charge in [0.05, 0.1) is 45.8 Å². The maximum Gasteiger partial charge on any atom is 0.278 e. The summed E-state index contributed by atoms with van der Waals surface area (Å²) >= 11 is 0. The van der Waals surface area contributed by atoms with Gasteiger partial charge in [-0.1, -0.05) is 6.07 Å². The van der Waals surface area contributed by atoms with Gasteiger partial charge < -0.3 is 23.5 Å². The van der Waals surface area contributed by atoms with Crippen molar-refractivity contribution >= 4 is 17.4 Å². The molecule has 0 bridgehead atoms. The number of ether oxygens (including phenoxy) is 3. The number of nitrogens with zero attached hydrogens (tertiary/aromatic N) is 2. The van der Waals surface area contributed by atoms with Gasteiger partial charge in [0.25, 0.3) is 11.8 Å². The Kier molecular flexibility index (Phi) is 5.26. The Balaban J connectivity index is 1.78. The van der Waals surface area contributed by atoms with Crippen LogP contribution in [0.1, 0.15) is 11.3 Å². The third-order valence-corrected chi connectivity index (χ3v) is 5.04. The van der Waals surface area contributed by atoms with E-state index in [2.05, 4.69) is 0 Å². The Hall–Kier alpha value is -3.26. The number of rotatable bonds is 6. The second-order valence-electron chi connectivity index (χ2n) is 6.67. The molecule has 0 radical (unpaired) electrons. The second kappa shape index (κ2) is 8.00. The maximum atomic E-state index is 13.3. The third-order valence-electron chi connectivity index (χ3n) is 5.04. The summed E-state index contributed by atoms with van der Waals surface area (Å²) in [4.78, 5) is 29.7. The first-order valence-corrected chi connectivity index (χ1v) is 9.32. The lowest BCUT2D eigenvalue weighted by Gasteiger charge is -2.29. The summed E-state index contributed by atoms with van der Waals surface area (Å²) in [6.45, 7) is 2.17. The minimum atomic E-state index is -0.361. The van der Waals surface area contributed by atoms with Crippen LogP contribution >= 0.6 is 0 Å². The van der Waals surface area contributed by atoms with E-state index in [-0.39, 0.29) is 18.4 Å². The number of carbonyl (C=O) groups excluding carboxylic acids is 2. The summed E-state index contributed by atoms with van der Waals surface area (Å²) < 4.78 is 21.4. The van der Waals surface area contributed by atoms with Gasteiger partial charge in [-0.15, -0.1) is 0 Å². The molecule has 8 nitrogen and oxygen atoms in total. The monoisotopic (exact) mass is 398 g/mol. The molecule has 0 atom stereocenters. The van der Waals surface area contributed by atoms with Crippen LogP contribution < -0.4 is 9.47 Å². The van der Waals surface area contributed by atoms with Gasteiger partial charge in [0.2, 0.25) is 0 Å². The number of morpholine rings is 1. The van der Waals surface area contributed by atoms with E-state index in [1.165, 1.54) is 18.3 Å². The molecule has 0 unspecified atom stereocenters. The highest BCUT2D eigenvalue weighted by Crippen LogP contribution is 2.37. The standard InChI is InChI=1S/C21H22N2O6/c1-26-16-6-5-14(12-17(16)27-2)18-19(22-7-10-28-11-8-22)21(25)23(20(18)24)13-15-4-3-9-29-15/h3-6,9,12H,7-8,10-11,13H2,1-2H3. The van der Waals surface area contributed by atoms with Crippen LogP contribution in [0, 0.1) is 0 Å². The quantitative estimate of drug-likeness (QED) is 0.688. The number of carbonyl (C=O) groups is 2. The molecule has 3 heterocycles. The van der Waals surface area contributed by atoms with E-state index in [1.807, 2.05) is 4.90 Å². The SMILES string of the molecule is COc1ccc(C2=C(N3CCOCC3)C(=O)N(Cc3ccco3)C2=O)cc1OC. The van der Waals surface area contributed by atoms with Crippen molar-refractivity contribution in [1.82, 2.24) is 9.80 Å². The minimum absolute atomic E-state index is 0.0787. The van der Waals surface area contributed by atoms with E-state index in [1.54, 1.807) is 37.4 Å². The fourth-order valence-electron chi connectivity index (χ4n) is 3.60. The number of hydrogen-bond acceptors (Lipinski definition) is 7. The molecule has 1 saturated heterocycles. The van der Waals surface area contributed by atoms with Crippen molar-refractivity contribution in [1.29, 1.82) is 0 Å². The number of hydrogen-bond donors (Lipinski definition) is 0. The van der Waals surface area contributed by atoms with Crippen molar-refractivity contribution in [2.24, 2.45) is 0 Å². The second-order valence-corrected chi connectivity index (χ2v) is 6.67. The van der Waals surface area contributed by atoms with Crippen LogP contribution in [0.15, 0.2) is 46.7 Å². The van der Waals surface area contributed by atoms with Crippen LogP contribution in [0.4, 0.5) is 0 Å². The van der Waals surface area contributed by atoms with E-state index in [9.17, 15) is 9.59 Å². The molecule has 2 aliphatic heterocycles. The molecule has 2 amide bonds. The summed E-state index contributed by atoms with van der Waals surface area (Å²) in [7, 11) is 3.08. The molecule has 1 fully saturated rings. The first-order valence-electron chi connectivity index (χ1n) is 9.32. The first-order chi connectivity index (χ1) is 14.1. The molecule has 1 aromatic heterocycles. The van der Waals surface area contributed by atoms with Gasteiger partial charge in [-0.25, -0.2) is 0 Å². The normalized spacial score (nSPS) is 17.3. The van der Waals surface area contributed by atoms with Crippen LogP contribution in [0.25, 0.3) is 5.57 Å². The predicted octanol–water partition coefficient (Wildman–Crippen LogP) is 1.91. The largest absolute Gasteiger partial charge is 0.493 e. The maximum absolute atomic E-state index is 13.3. The zero-order valence-corrected chi connectivity index (χ0v) is 16.3. The van der Waals surface area contributed by atoms with Gasteiger partial charge in [-0.05, 0) is 29.8 Å². The third kappa shape index (κ3) is 3.47. The van der Waals surface area contributed by atoms with Crippen molar-refractivity contribution in [3.05, 3.63) is 53.6 Å². The number of furan rings is 1. The molecule has 0 aliphatic carbocycles. The van der Waals surface area contributed by atoms with Crippen LogP contribution in [0.2, 0.25) is 0 Å². The minimum Gasteiger partial charge on any atom is -0.493 e. The first kappa shape index (κ1) is 19.1. The van der Waals surface area contributed by atoms with Crippen molar-refractivity contribution < 1.29 is 28.2 Å². The molecular formula is C21H22N2O6. The topological polar surface area (TPSA) is 81.5 Å². The van der Waals surface area contributed by atoms with Gasteiger partial charge in [-0.3, -0.25) is 14.5 Å². The summed E-state index contributed by atoms with van der Waals surface area (Å²) in [5, 5.41) is 0. The van der Waals surface area contributed by atoms with Crippen LogP contribution in [-0.2, 0) is 20.9 Å². The lowest BCUT2D eigenvalue weighted by atomic mass is 10.0. The Morgan fingerprint density at radius 1 is 1.00 bits per heavy atom. The average molecular weight is 398 g/mol. The van der Waals surface area contributed by atoms with Crippen molar-refractivity contribution in [2.45, 2.75) is 6.54 Å². The van der Waals surface area contributed by atoms with Crippen LogP contribution in [0.3, 0.4) is 0 Å². The van der Waals surface area contributed by atoms with Crippen LogP contribution in [0.5, 0.6) is 11.5 Å². The van der Waals surface area contributed by atoms with Crippen molar-refractivity contribution in [2.75, 3.05) is 40.5 Å². The van der Waals surface area contributed by atoms with Crippen molar-refractivity contribution in [3.63, 3.8) is 0 Å². The van der Waals surface area contributed by atoms with Gasteiger partial charge in [0, 0.05) is 13.1 Å².